The summed E-state index contributed by atoms with van der Waals surface area (Å²) in [6.07, 6.45) is 6.26. The summed E-state index contributed by atoms with van der Waals surface area (Å²) >= 11 is 0. The van der Waals surface area contributed by atoms with Gasteiger partial charge in [0.2, 0.25) is 0 Å². The Morgan fingerprint density at radius 2 is 1.88 bits per heavy atom. The van der Waals surface area contributed by atoms with Crippen molar-refractivity contribution in [3.05, 3.63) is 24.3 Å². The zero-order valence-electron chi connectivity index (χ0n) is 9.30. The molecule has 0 bridgehead atoms. The highest BCUT2D eigenvalue weighted by Gasteiger charge is 2.16. The minimum atomic E-state index is -1.42. The predicted octanol–water partition coefficient (Wildman–Crippen LogP) is 1.08. The second-order valence-corrected chi connectivity index (χ2v) is 4.32. The average molecular weight is 220 g/mol. The van der Waals surface area contributed by atoms with Gasteiger partial charge >= 0.3 is 7.12 Å². The molecule has 1 aliphatic carbocycles. The Balaban J connectivity index is 2.00. The maximum Gasteiger partial charge on any atom is 0.488 e. The standard InChI is InChI=1S/C12H17BO3/c14-13(15)10-5-4-8-12(9-10)16-11-6-2-1-3-7-11/h4-5,8-9,11,14-15H,1-3,6-7H2. The fourth-order valence-corrected chi connectivity index (χ4v) is 2.12. The van der Waals surface area contributed by atoms with Crippen LogP contribution in [0.4, 0.5) is 0 Å². The van der Waals surface area contributed by atoms with Crippen LogP contribution in [0.1, 0.15) is 32.1 Å². The second-order valence-electron chi connectivity index (χ2n) is 4.32. The third-order valence-corrected chi connectivity index (χ3v) is 3.01. The van der Waals surface area contributed by atoms with Gasteiger partial charge < -0.3 is 14.8 Å². The van der Waals surface area contributed by atoms with Crippen molar-refractivity contribution >= 4 is 12.6 Å². The number of ether oxygens (including phenoxy) is 1. The average Bonchev–Trinajstić information content (AvgIpc) is 2.30. The summed E-state index contributed by atoms with van der Waals surface area (Å²) in [7, 11) is -1.42. The van der Waals surface area contributed by atoms with E-state index in [2.05, 4.69) is 0 Å². The van der Waals surface area contributed by atoms with Crippen LogP contribution in [0.3, 0.4) is 0 Å². The highest BCUT2D eigenvalue weighted by molar-refractivity contribution is 6.58. The van der Waals surface area contributed by atoms with Gasteiger partial charge in [-0.15, -0.1) is 0 Å². The van der Waals surface area contributed by atoms with E-state index in [9.17, 15) is 0 Å². The fourth-order valence-electron chi connectivity index (χ4n) is 2.12. The lowest BCUT2D eigenvalue weighted by Crippen LogP contribution is -2.30. The highest BCUT2D eigenvalue weighted by atomic mass is 16.5. The molecule has 16 heavy (non-hydrogen) atoms. The van der Waals surface area contributed by atoms with Crippen LogP contribution in [-0.2, 0) is 0 Å². The van der Waals surface area contributed by atoms with E-state index < -0.39 is 7.12 Å². The van der Waals surface area contributed by atoms with Gasteiger partial charge in [-0.05, 0) is 43.3 Å². The van der Waals surface area contributed by atoms with Gasteiger partial charge in [-0.25, -0.2) is 0 Å². The summed E-state index contributed by atoms with van der Waals surface area (Å²) in [6.45, 7) is 0. The number of rotatable bonds is 3. The smallest absolute Gasteiger partial charge is 0.488 e. The van der Waals surface area contributed by atoms with Crippen LogP contribution >= 0.6 is 0 Å². The Morgan fingerprint density at radius 3 is 2.56 bits per heavy atom. The first kappa shape index (κ1) is 11.5. The molecule has 2 rings (SSSR count). The monoisotopic (exact) mass is 220 g/mol. The molecule has 0 aliphatic heterocycles. The van der Waals surface area contributed by atoms with Gasteiger partial charge in [0.05, 0.1) is 6.10 Å². The van der Waals surface area contributed by atoms with Gasteiger partial charge in [-0.1, -0.05) is 18.6 Å². The highest BCUT2D eigenvalue weighted by Crippen LogP contribution is 2.22. The third-order valence-electron chi connectivity index (χ3n) is 3.01. The van der Waals surface area contributed by atoms with E-state index in [0.29, 0.717) is 11.6 Å². The predicted molar refractivity (Wildman–Crippen MR) is 63.8 cm³/mol. The van der Waals surface area contributed by atoms with E-state index in [0.717, 1.165) is 18.6 Å². The molecule has 4 heteroatoms. The van der Waals surface area contributed by atoms with Crippen LogP contribution in [0.15, 0.2) is 24.3 Å². The molecule has 0 amide bonds. The van der Waals surface area contributed by atoms with Crippen molar-refractivity contribution in [2.75, 3.05) is 0 Å². The Hall–Kier alpha value is -0.995. The molecule has 1 saturated carbocycles. The largest absolute Gasteiger partial charge is 0.490 e. The topological polar surface area (TPSA) is 49.7 Å². The fraction of sp³-hybridized carbons (Fsp3) is 0.500. The first-order valence-corrected chi connectivity index (χ1v) is 5.88. The van der Waals surface area contributed by atoms with Crippen molar-refractivity contribution < 1.29 is 14.8 Å². The molecule has 0 radical (unpaired) electrons. The van der Waals surface area contributed by atoms with Crippen LogP contribution in [0.5, 0.6) is 5.75 Å². The number of hydrogen-bond acceptors (Lipinski definition) is 3. The molecule has 0 aromatic heterocycles. The molecular weight excluding hydrogens is 203 g/mol. The molecule has 2 N–H and O–H groups in total. The maximum atomic E-state index is 9.05. The van der Waals surface area contributed by atoms with Crippen molar-refractivity contribution in [3.8, 4) is 5.75 Å². The zero-order valence-corrected chi connectivity index (χ0v) is 9.30. The molecule has 1 aromatic rings. The van der Waals surface area contributed by atoms with Gasteiger partial charge in [0.25, 0.3) is 0 Å². The van der Waals surface area contributed by atoms with Crippen LogP contribution in [-0.4, -0.2) is 23.3 Å². The molecule has 86 valence electrons. The van der Waals surface area contributed by atoms with Crippen LogP contribution in [0.2, 0.25) is 0 Å². The molecule has 3 nitrogen and oxygen atoms in total. The minimum Gasteiger partial charge on any atom is -0.490 e. The van der Waals surface area contributed by atoms with E-state index in [-0.39, 0.29) is 0 Å². The summed E-state index contributed by atoms with van der Waals surface area (Å²) in [6, 6.07) is 7.02. The van der Waals surface area contributed by atoms with Gasteiger partial charge in [0.1, 0.15) is 5.75 Å². The van der Waals surface area contributed by atoms with E-state index in [1.54, 1.807) is 18.2 Å². The van der Waals surface area contributed by atoms with Gasteiger partial charge in [-0.3, -0.25) is 0 Å². The van der Waals surface area contributed by atoms with Gasteiger partial charge in [0, 0.05) is 0 Å². The van der Waals surface area contributed by atoms with E-state index in [4.69, 9.17) is 14.8 Å². The van der Waals surface area contributed by atoms with Crippen LogP contribution in [0, 0.1) is 0 Å². The minimum absolute atomic E-state index is 0.292. The summed E-state index contributed by atoms with van der Waals surface area (Å²) in [4.78, 5) is 0. The van der Waals surface area contributed by atoms with Crippen molar-refractivity contribution in [3.63, 3.8) is 0 Å². The molecule has 0 saturated heterocycles. The molecular formula is C12H17BO3. The summed E-state index contributed by atoms with van der Waals surface area (Å²) in [5, 5.41) is 18.1. The third kappa shape index (κ3) is 3.00. The first-order chi connectivity index (χ1) is 7.75. The van der Waals surface area contributed by atoms with Gasteiger partial charge in [0.15, 0.2) is 0 Å². The van der Waals surface area contributed by atoms with Crippen molar-refractivity contribution in [1.29, 1.82) is 0 Å². The van der Waals surface area contributed by atoms with E-state index >= 15 is 0 Å². The quantitative estimate of drug-likeness (QED) is 0.749. The lowest BCUT2D eigenvalue weighted by Gasteiger charge is -2.23. The maximum absolute atomic E-state index is 9.05. The molecule has 0 heterocycles. The lowest BCUT2D eigenvalue weighted by atomic mass is 9.80. The number of benzene rings is 1. The second kappa shape index (κ2) is 5.37. The summed E-state index contributed by atoms with van der Waals surface area (Å²) in [5.74, 6) is 0.734. The lowest BCUT2D eigenvalue weighted by molar-refractivity contribution is 0.155. The molecule has 1 fully saturated rings. The number of hydrogen-bond donors (Lipinski definition) is 2. The van der Waals surface area contributed by atoms with Crippen molar-refractivity contribution in [2.24, 2.45) is 0 Å². The van der Waals surface area contributed by atoms with Crippen molar-refractivity contribution in [2.45, 2.75) is 38.2 Å². The molecule has 1 aliphatic rings. The normalized spacial score (nSPS) is 17.1. The zero-order chi connectivity index (χ0) is 11.4. The molecule has 1 aromatic carbocycles. The molecule has 0 atom stereocenters. The van der Waals surface area contributed by atoms with Gasteiger partial charge in [-0.2, -0.15) is 0 Å². The Kier molecular flexibility index (Phi) is 3.85. The summed E-state index contributed by atoms with van der Waals surface area (Å²) in [5.41, 5.74) is 0.480. The summed E-state index contributed by atoms with van der Waals surface area (Å²) < 4.78 is 5.82. The van der Waals surface area contributed by atoms with E-state index in [1.807, 2.05) is 6.07 Å². The Bertz CT molecular complexity index is 335. The Labute approximate surface area is 96.2 Å². The first-order valence-electron chi connectivity index (χ1n) is 5.88. The molecule has 0 unspecified atom stereocenters. The Morgan fingerprint density at radius 1 is 1.12 bits per heavy atom. The van der Waals surface area contributed by atoms with Crippen LogP contribution in [0.25, 0.3) is 0 Å². The molecule has 0 spiro atoms. The van der Waals surface area contributed by atoms with Crippen molar-refractivity contribution in [1.82, 2.24) is 0 Å². The SMILES string of the molecule is OB(O)c1cccc(OC2CCCCC2)c1. The van der Waals surface area contributed by atoms with Crippen LogP contribution < -0.4 is 10.2 Å². The van der Waals surface area contributed by atoms with E-state index in [1.165, 1.54) is 19.3 Å².